The number of hydrogen-bond donors (Lipinski definition) is 1. The molecule has 0 radical (unpaired) electrons. The molecule has 1 aliphatic rings. The van der Waals surface area contributed by atoms with Crippen molar-refractivity contribution in [2.24, 2.45) is 11.3 Å². The smallest absolute Gasteiger partial charge is 0.00967 e. The summed E-state index contributed by atoms with van der Waals surface area (Å²) in [5.74, 6) is 0.983. The van der Waals surface area contributed by atoms with Gasteiger partial charge in [0.1, 0.15) is 0 Å². The molecule has 0 bridgehead atoms. The predicted molar refractivity (Wildman–Crippen MR) is 90.2 cm³/mol. The molecule has 0 amide bonds. The van der Waals surface area contributed by atoms with E-state index in [9.17, 15) is 0 Å². The van der Waals surface area contributed by atoms with Crippen LogP contribution in [0, 0.1) is 11.3 Å². The predicted octanol–water partition coefficient (Wildman–Crippen LogP) is 4.30. The fraction of sp³-hybridized carbons (Fsp3) is 1.00. The lowest BCUT2D eigenvalue weighted by molar-refractivity contribution is 0.101. The van der Waals surface area contributed by atoms with Gasteiger partial charge in [-0.1, -0.05) is 27.2 Å². The first kappa shape index (κ1) is 18.0. The summed E-state index contributed by atoms with van der Waals surface area (Å²) >= 11 is 0. The van der Waals surface area contributed by atoms with Crippen molar-refractivity contribution >= 4 is 0 Å². The first-order valence-electron chi connectivity index (χ1n) is 8.81. The average molecular weight is 283 g/mol. The molecular formula is C18H38N2. The van der Waals surface area contributed by atoms with E-state index in [0.717, 1.165) is 12.5 Å². The van der Waals surface area contributed by atoms with Gasteiger partial charge in [-0.3, -0.25) is 0 Å². The van der Waals surface area contributed by atoms with Gasteiger partial charge in [0.05, 0.1) is 0 Å². The summed E-state index contributed by atoms with van der Waals surface area (Å²) in [6.07, 6.45) is 6.92. The van der Waals surface area contributed by atoms with E-state index in [1.807, 2.05) is 0 Å². The molecule has 0 atom stereocenters. The summed E-state index contributed by atoms with van der Waals surface area (Å²) in [7, 11) is 0. The van der Waals surface area contributed by atoms with Crippen LogP contribution in [-0.4, -0.2) is 36.6 Å². The lowest BCUT2D eigenvalue weighted by atomic mass is 9.79. The summed E-state index contributed by atoms with van der Waals surface area (Å²) in [4.78, 5) is 2.71. The van der Waals surface area contributed by atoms with Crippen LogP contribution in [0.2, 0.25) is 0 Å². The first-order valence-corrected chi connectivity index (χ1v) is 8.81. The van der Waals surface area contributed by atoms with Gasteiger partial charge in [-0.15, -0.1) is 0 Å². The summed E-state index contributed by atoms with van der Waals surface area (Å²) in [5, 5.41) is 3.75. The molecule has 0 heterocycles. The van der Waals surface area contributed by atoms with Crippen LogP contribution < -0.4 is 5.32 Å². The van der Waals surface area contributed by atoms with Crippen molar-refractivity contribution in [1.29, 1.82) is 0 Å². The van der Waals surface area contributed by atoms with E-state index in [1.165, 1.54) is 51.7 Å². The van der Waals surface area contributed by atoms with Crippen LogP contribution >= 0.6 is 0 Å². The van der Waals surface area contributed by atoms with E-state index >= 15 is 0 Å². The SMILES string of the molecule is CCN(CC1CCC1)CC(CC)(CC)CNC(C)(C)C. The second kappa shape index (κ2) is 7.79. The maximum absolute atomic E-state index is 3.75. The van der Waals surface area contributed by atoms with Gasteiger partial charge < -0.3 is 10.2 Å². The Kier molecular flexibility index (Phi) is 7.00. The summed E-state index contributed by atoms with van der Waals surface area (Å²) in [5.41, 5.74) is 0.660. The zero-order valence-electron chi connectivity index (χ0n) is 14.9. The Morgan fingerprint density at radius 1 is 1.05 bits per heavy atom. The number of hydrogen-bond acceptors (Lipinski definition) is 2. The standard InChI is InChI=1S/C18H38N2/c1-7-18(8-2,14-19-17(4,5)6)15-20(9-3)13-16-11-10-12-16/h16,19H,7-15H2,1-6H3. The van der Waals surface area contributed by atoms with Crippen LogP contribution in [0.1, 0.15) is 73.6 Å². The third-order valence-corrected chi connectivity index (χ3v) is 5.24. The van der Waals surface area contributed by atoms with Crippen molar-refractivity contribution in [3.05, 3.63) is 0 Å². The molecule has 2 nitrogen and oxygen atoms in total. The molecule has 1 rings (SSSR count). The van der Waals surface area contributed by atoms with Crippen LogP contribution in [0.4, 0.5) is 0 Å². The third-order valence-electron chi connectivity index (χ3n) is 5.24. The van der Waals surface area contributed by atoms with E-state index < -0.39 is 0 Å². The van der Waals surface area contributed by atoms with Gasteiger partial charge in [0.2, 0.25) is 0 Å². The van der Waals surface area contributed by atoms with Crippen molar-refractivity contribution in [3.63, 3.8) is 0 Å². The maximum atomic E-state index is 3.75. The lowest BCUT2D eigenvalue weighted by Gasteiger charge is -2.41. The highest BCUT2D eigenvalue weighted by atomic mass is 15.1. The monoisotopic (exact) mass is 282 g/mol. The minimum Gasteiger partial charge on any atom is -0.311 e. The van der Waals surface area contributed by atoms with Crippen LogP contribution in [0.15, 0.2) is 0 Å². The minimum atomic E-state index is 0.223. The maximum Gasteiger partial charge on any atom is 0.00967 e. The highest BCUT2D eigenvalue weighted by Gasteiger charge is 2.31. The zero-order chi connectivity index (χ0) is 15.2. The molecule has 0 aliphatic heterocycles. The summed E-state index contributed by atoms with van der Waals surface area (Å²) in [6, 6.07) is 0. The number of nitrogens with zero attached hydrogens (tertiary/aromatic N) is 1. The molecule has 1 saturated carbocycles. The topological polar surface area (TPSA) is 15.3 Å². The fourth-order valence-electron chi connectivity index (χ4n) is 3.05. The van der Waals surface area contributed by atoms with E-state index in [0.29, 0.717) is 5.41 Å². The van der Waals surface area contributed by atoms with E-state index in [1.54, 1.807) is 0 Å². The highest BCUT2D eigenvalue weighted by Crippen LogP contribution is 2.31. The number of nitrogens with one attached hydrogen (secondary N) is 1. The lowest BCUT2D eigenvalue weighted by Crippen LogP contribution is -2.49. The molecule has 2 heteroatoms. The molecule has 0 unspecified atom stereocenters. The van der Waals surface area contributed by atoms with Crippen LogP contribution in [0.5, 0.6) is 0 Å². The summed E-state index contributed by atoms with van der Waals surface area (Å²) in [6.45, 7) is 18.8. The molecule has 0 aromatic heterocycles. The number of rotatable bonds is 9. The third kappa shape index (κ3) is 5.73. The highest BCUT2D eigenvalue weighted by molar-refractivity contribution is 4.87. The van der Waals surface area contributed by atoms with E-state index in [-0.39, 0.29) is 5.54 Å². The fourth-order valence-corrected chi connectivity index (χ4v) is 3.05. The van der Waals surface area contributed by atoms with Crippen molar-refractivity contribution in [2.45, 2.75) is 79.2 Å². The van der Waals surface area contributed by atoms with E-state index in [4.69, 9.17) is 0 Å². The molecule has 20 heavy (non-hydrogen) atoms. The Morgan fingerprint density at radius 3 is 2.00 bits per heavy atom. The van der Waals surface area contributed by atoms with Crippen molar-refractivity contribution in [1.82, 2.24) is 10.2 Å². The van der Waals surface area contributed by atoms with Gasteiger partial charge in [-0.2, -0.15) is 0 Å². The van der Waals surface area contributed by atoms with Gasteiger partial charge in [-0.25, -0.2) is 0 Å². The quantitative estimate of drug-likeness (QED) is 0.678. The van der Waals surface area contributed by atoms with Gasteiger partial charge >= 0.3 is 0 Å². The van der Waals surface area contributed by atoms with Crippen molar-refractivity contribution < 1.29 is 0 Å². The van der Waals surface area contributed by atoms with Gasteiger partial charge in [0, 0.05) is 25.2 Å². The summed E-state index contributed by atoms with van der Waals surface area (Å²) < 4.78 is 0. The molecule has 1 aliphatic carbocycles. The van der Waals surface area contributed by atoms with Gasteiger partial charge in [0.15, 0.2) is 0 Å². The first-order chi connectivity index (χ1) is 9.34. The van der Waals surface area contributed by atoms with Crippen LogP contribution in [-0.2, 0) is 0 Å². The average Bonchev–Trinajstić information content (AvgIpc) is 2.35. The van der Waals surface area contributed by atoms with Crippen molar-refractivity contribution in [3.8, 4) is 0 Å². The molecule has 0 spiro atoms. The molecule has 0 aromatic rings. The Labute approximate surface area is 127 Å². The van der Waals surface area contributed by atoms with E-state index in [2.05, 4.69) is 51.8 Å². The molecule has 1 fully saturated rings. The molecule has 120 valence electrons. The Morgan fingerprint density at radius 2 is 1.65 bits per heavy atom. The van der Waals surface area contributed by atoms with Gasteiger partial charge in [0.25, 0.3) is 0 Å². The van der Waals surface area contributed by atoms with Gasteiger partial charge in [-0.05, 0) is 64.3 Å². The van der Waals surface area contributed by atoms with Crippen LogP contribution in [0.25, 0.3) is 0 Å². The minimum absolute atomic E-state index is 0.223. The largest absolute Gasteiger partial charge is 0.311 e. The van der Waals surface area contributed by atoms with Crippen LogP contribution in [0.3, 0.4) is 0 Å². The zero-order valence-corrected chi connectivity index (χ0v) is 14.9. The molecule has 1 N–H and O–H groups in total. The molecular weight excluding hydrogens is 244 g/mol. The second-order valence-electron chi connectivity index (χ2n) is 7.94. The Bertz CT molecular complexity index is 259. The Balaban J connectivity index is 2.57. The Hall–Kier alpha value is -0.0800. The second-order valence-corrected chi connectivity index (χ2v) is 7.94. The van der Waals surface area contributed by atoms with Crippen molar-refractivity contribution in [2.75, 3.05) is 26.2 Å². The molecule has 0 saturated heterocycles. The molecule has 0 aromatic carbocycles. The normalized spacial score (nSPS) is 17.6.